The summed E-state index contributed by atoms with van der Waals surface area (Å²) in [5.41, 5.74) is 5.05. The average Bonchev–Trinajstić information content (AvgIpc) is 3.94. The van der Waals surface area contributed by atoms with E-state index >= 15 is 0 Å². The Hall–Kier alpha value is -6.66. The van der Waals surface area contributed by atoms with Crippen molar-refractivity contribution in [1.82, 2.24) is 0 Å². The zero-order chi connectivity index (χ0) is 35.5. The first kappa shape index (κ1) is 36.1. The van der Waals surface area contributed by atoms with Crippen LogP contribution in [0.2, 0.25) is 0 Å². The molecule has 0 atom stereocenters. The standard InChI is InChI=1S/2C23H17NO2.Fe/c2*25-23(19-6-2-3-7-19)26-22-13-9-17(10-14-22)16-24-21-12-11-18-5-1-4-8-20(18)15-21;/h2*1-16,25H;. The minimum absolute atomic E-state index is 0. The molecule has 0 unspecified atom stereocenters. The van der Waals surface area contributed by atoms with Crippen molar-refractivity contribution in [3.8, 4) is 11.5 Å². The van der Waals surface area contributed by atoms with Gasteiger partial charge in [-0.25, -0.2) is 0 Å². The third kappa shape index (κ3) is 9.77. The molecule has 0 aliphatic heterocycles. The third-order valence-electron chi connectivity index (χ3n) is 8.20. The molecule has 0 saturated heterocycles. The van der Waals surface area contributed by atoms with E-state index in [0.29, 0.717) is 22.6 Å². The van der Waals surface area contributed by atoms with E-state index in [0.717, 1.165) is 22.5 Å². The molecular formula is C46H34FeN2O4. The molecule has 0 saturated carbocycles. The molecule has 7 heteroatoms. The van der Waals surface area contributed by atoms with Crippen LogP contribution < -0.4 is 9.47 Å². The fourth-order valence-corrected chi connectivity index (χ4v) is 5.43. The Bertz CT molecular complexity index is 2270. The van der Waals surface area contributed by atoms with Crippen LogP contribution in [0.3, 0.4) is 0 Å². The summed E-state index contributed by atoms with van der Waals surface area (Å²) >= 11 is 0. The van der Waals surface area contributed by atoms with E-state index in [1.165, 1.54) is 21.5 Å². The summed E-state index contributed by atoms with van der Waals surface area (Å²) in [4.78, 5) is 9.07. The molecule has 6 aromatic carbocycles. The van der Waals surface area contributed by atoms with Crippen molar-refractivity contribution in [2.24, 2.45) is 9.98 Å². The first-order valence-electron chi connectivity index (χ1n) is 16.7. The molecule has 0 aromatic heterocycles. The van der Waals surface area contributed by atoms with Crippen molar-refractivity contribution in [3.63, 3.8) is 0 Å². The Balaban J connectivity index is 0.000000178. The van der Waals surface area contributed by atoms with Crippen molar-refractivity contribution in [2.45, 2.75) is 0 Å². The molecule has 0 radical (unpaired) electrons. The minimum atomic E-state index is -0.104. The van der Waals surface area contributed by atoms with Crippen LogP contribution >= 0.6 is 0 Å². The molecule has 260 valence electrons. The summed E-state index contributed by atoms with van der Waals surface area (Å²) in [6, 6.07) is 43.5. The molecule has 2 aliphatic rings. The van der Waals surface area contributed by atoms with E-state index in [1.807, 2.05) is 97.4 Å². The van der Waals surface area contributed by atoms with E-state index in [-0.39, 0.29) is 29.0 Å². The monoisotopic (exact) mass is 734 g/mol. The Morgan fingerprint density at radius 3 is 1.17 bits per heavy atom. The maximum atomic E-state index is 9.94. The summed E-state index contributed by atoms with van der Waals surface area (Å²) in [5.74, 6) is 0.943. The van der Waals surface area contributed by atoms with Crippen molar-refractivity contribution >= 4 is 45.3 Å². The van der Waals surface area contributed by atoms with Crippen LogP contribution in [-0.4, -0.2) is 22.6 Å². The number of nitrogens with zero attached hydrogens (tertiary/aromatic N) is 2. The molecule has 0 fully saturated rings. The summed E-state index contributed by atoms with van der Waals surface area (Å²) < 4.78 is 10.9. The van der Waals surface area contributed by atoms with Gasteiger partial charge in [-0.1, -0.05) is 85.0 Å². The van der Waals surface area contributed by atoms with Gasteiger partial charge < -0.3 is 19.7 Å². The normalized spacial score (nSPS) is 12.8. The molecule has 0 bridgehead atoms. The Morgan fingerprint density at radius 2 is 0.792 bits per heavy atom. The summed E-state index contributed by atoms with van der Waals surface area (Å²) in [7, 11) is 0. The van der Waals surface area contributed by atoms with Gasteiger partial charge in [0.15, 0.2) is 0 Å². The number of ether oxygens (including phenoxy) is 2. The number of aliphatic hydroxyl groups is 2. The fourth-order valence-electron chi connectivity index (χ4n) is 5.43. The molecule has 53 heavy (non-hydrogen) atoms. The summed E-state index contributed by atoms with van der Waals surface area (Å²) in [6.45, 7) is 0. The van der Waals surface area contributed by atoms with Crippen molar-refractivity contribution in [3.05, 3.63) is 216 Å². The summed E-state index contributed by atoms with van der Waals surface area (Å²) in [6.07, 6.45) is 18.2. The van der Waals surface area contributed by atoms with Gasteiger partial charge in [0.05, 0.1) is 22.5 Å². The van der Waals surface area contributed by atoms with Crippen LogP contribution in [0.5, 0.6) is 11.5 Å². The van der Waals surface area contributed by atoms with Gasteiger partial charge in [0.2, 0.25) is 0 Å². The zero-order valence-electron chi connectivity index (χ0n) is 28.4. The number of fused-ring (bicyclic) bond motifs is 2. The average molecular weight is 735 g/mol. The predicted octanol–water partition coefficient (Wildman–Crippen LogP) is 11.7. The predicted molar refractivity (Wildman–Crippen MR) is 212 cm³/mol. The maximum Gasteiger partial charge on any atom is 0.289 e. The molecule has 6 aromatic rings. The molecule has 6 nitrogen and oxygen atoms in total. The van der Waals surface area contributed by atoms with Crippen molar-refractivity contribution < 1.29 is 36.8 Å². The number of hydrogen-bond donors (Lipinski definition) is 2. The Morgan fingerprint density at radius 1 is 0.434 bits per heavy atom. The number of allylic oxidation sites excluding steroid dienone is 10. The number of hydrogen-bond acceptors (Lipinski definition) is 6. The molecule has 2 N–H and O–H groups in total. The molecule has 0 spiro atoms. The van der Waals surface area contributed by atoms with E-state index in [1.54, 1.807) is 48.6 Å². The second-order valence-corrected chi connectivity index (χ2v) is 11.9. The minimum Gasteiger partial charge on any atom is -0.480 e. The Labute approximate surface area is 318 Å². The molecule has 8 rings (SSSR count). The van der Waals surface area contributed by atoms with Gasteiger partial charge in [-0.3, -0.25) is 9.98 Å². The molecule has 0 heterocycles. The van der Waals surface area contributed by atoms with Crippen LogP contribution in [0.1, 0.15) is 11.1 Å². The number of rotatable bonds is 8. The van der Waals surface area contributed by atoms with Gasteiger partial charge in [0.25, 0.3) is 11.9 Å². The number of benzene rings is 6. The van der Waals surface area contributed by atoms with Crippen LogP contribution in [-0.2, 0) is 17.1 Å². The van der Waals surface area contributed by atoms with Crippen LogP contribution in [0, 0.1) is 0 Å². The quantitative estimate of drug-likeness (QED) is 0.0926. The molecular weight excluding hydrogens is 700 g/mol. The first-order chi connectivity index (χ1) is 25.6. The van der Waals surface area contributed by atoms with E-state index < -0.39 is 0 Å². The summed E-state index contributed by atoms with van der Waals surface area (Å²) in [5, 5.41) is 24.6. The van der Waals surface area contributed by atoms with E-state index in [4.69, 9.17) is 9.47 Å². The molecule has 2 aliphatic carbocycles. The number of aliphatic hydroxyl groups excluding tert-OH is 2. The SMILES string of the molecule is OC(Oc1ccc(C=Nc2ccc3ccccc3c2)cc1)=C1C=CC=C1.OC(Oc1ccc(C=Nc2ccc3ccccc3c2)cc1)=C1C=CC=C1.[Fe]. The van der Waals surface area contributed by atoms with Gasteiger partial charge >= 0.3 is 0 Å². The van der Waals surface area contributed by atoms with Gasteiger partial charge in [-0.15, -0.1) is 0 Å². The number of aliphatic imine (C=N–C) groups is 2. The maximum absolute atomic E-state index is 9.94. The molecule has 0 amide bonds. The second-order valence-electron chi connectivity index (χ2n) is 11.9. The Kier molecular flexibility index (Phi) is 11.9. The topological polar surface area (TPSA) is 83.6 Å². The fraction of sp³-hybridized carbons (Fsp3) is 0. The first-order valence-corrected chi connectivity index (χ1v) is 16.7. The van der Waals surface area contributed by atoms with Gasteiger partial charge in [0.1, 0.15) is 11.5 Å². The van der Waals surface area contributed by atoms with Crippen LogP contribution in [0.25, 0.3) is 21.5 Å². The second kappa shape index (κ2) is 17.5. The van der Waals surface area contributed by atoms with E-state index in [2.05, 4.69) is 58.5 Å². The van der Waals surface area contributed by atoms with Crippen LogP contribution in [0.15, 0.2) is 215 Å². The van der Waals surface area contributed by atoms with Crippen molar-refractivity contribution in [2.75, 3.05) is 0 Å². The van der Waals surface area contributed by atoms with Gasteiger partial charge in [-0.05, 0) is 130 Å². The van der Waals surface area contributed by atoms with Gasteiger partial charge in [0, 0.05) is 29.5 Å². The smallest absolute Gasteiger partial charge is 0.289 e. The third-order valence-corrected chi connectivity index (χ3v) is 8.20. The van der Waals surface area contributed by atoms with Crippen molar-refractivity contribution in [1.29, 1.82) is 0 Å². The zero-order valence-corrected chi connectivity index (χ0v) is 29.5. The van der Waals surface area contributed by atoms with E-state index in [9.17, 15) is 10.2 Å². The van der Waals surface area contributed by atoms with Crippen LogP contribution in [0.4, 0.5) is 11.4 Å². The van der Waals surface area contributed by atoms with Gasteiger partial charge in [-0.2, -0.15) is 0 Å². The largest absolute Gasteiger partial charge is 0.480 e.